The van der Waals surface area contributed by atoms with Gasteiger partial charge in [0.2, 0.25) is 0 Å². The topological polar surface area (TPSA) is 32.3 Å². The maximum absolute atomic E-state index is 10.2. The van der Waals surface area contributed by atoms with Crippen molar-refractivity contribution in [1.82, 2.24) is 0 Å². The van der Waals surface area contributed by atoms with Gasteiger partial charge in [-0.3, -0.25) is 0 Å². The Balaban J connectivity index is 2.03. The summed E-state index contributed by atoms with van der Waals surface area (Å²) < 4.78 is 0. The van der Waals surface area contributed by atoms with Gasteiger partial charge in [0.25, 0.3) is 0 Å². The van der Waals surface area contributed by atoms with Crippen molar-refractivity contribution in [3.63, 3.8) is 0 Å². The quantitative estimate of drug-likeness (QED) is 0.840. The van der Waals surface area contributed by atoms with Crippen LogP contribution in [0.25, 0.3) is 0 Å². The zero-order valence-electron chi connectivity index (χ0n) is 9.88. The Morgan fingerprint density at radius 2 is 1.41 bits per heavy atom. The zero-order chi connectivity index (χ0) is 12.1. The Hall–Kier alpha value is -1.80. The van der Waals surface area contributed by atoms with E-state index in [0.717, 1.165) is 11.3 Å². The van der Waals surface area contributed by atoms with Crippen molar-refractivity contribution >= 4 is 5.69 Å². The normalized spacial score (nSPS) is 14.0. The molecule has 0 unspecified atom stereocenters. The lowest BCUT2D eigenvalue weighted by Gasteiger charge is -2.21. The largest absolute Gasteiger partial charge is 0.386 e. The van der Waals surface area contributed by atoms with Gasteiger partial charge in [0.05, 0.1) is 12.1 Å². The molecule has 0 fully saturated rings. The van der Waals surface area contributed by atoms with E-state index in [-0.39, 0.29) is 6.04 Å². The number of nitrogens with one attached hydrogen (secondary N) is 1. The van der Waals surface area contributed by atoms with Crippen molar-refractivity contribution in [2.75, 3.05) is 5.32 Å². The van der Waals surface area contributed by atoms with Crippen LogP contribution in [-0.4, -0.2) is 11.1 Å². The fraction of sp³-hybridized carbons (Fsp3) is 0.200. The second kappa shape index (κ2) is 5.51. The second-order valence-corrected chi connectivity index (χ2v) is 4.15. The molecule has 0 amide bonds. The Morgan fingerprint density at radius 1 is 0.882 bits per heavy atom. The van der Waals surface area contributed by atoms with Crippen LogP contribution in [0.3, 0.4) is 0 Å². The van der Waals surface area contributed by atoms with Crippen molar-refractivity contribution < 1.29 is 5.11 Å². The molecule has 0 aromatic heterocycles. The molecule has 2 rings (SSSR count). The van der Waals surface area contributed by atoms with Crippen LogP contribution in [0.4, 0.5) is 5.69 Å². The Labute approximate surface area is 102 Å². The average Bonchev–Trinajstić information content (AvgIpc) is 2.40. The summed E-state index contributed by atoms with van der Waals surface area (Å²) in [5.74, 6) is 0. The summed E-state index contributed by atoms with van der Waals surface area (Å²) in [6, 6.07) is 19.6. The molecular formula is C15H17NO. The van der Waals surface area contributed by atoms with Crippen LogP contribution in [0.2, 0.25) is 0 Å². The first-order valence-electron chi connectivity index (χ1n) is 5.82. The van der Waals surface area contributed by atoms with Gasteiger partial charge in [0, 0.05) is 5.69 Å². The molecule has 0 aliphatic rings. The minimum absolute atomic E-state index is 0.0280. The maximum Gasteiger partial charge on any atom is 0.0988 e. The second-order valence-electron chi connectivity index (χ2n) is 4.15. The Kier molecular flexibility index (Phi) is 3.78. The summed E-state index contributed by atoms with van der Waals surface area (Å²) in [4.78, 5) is 0. The summed E-state index contributed by atoms with van der Waals surface area (Å²) in [6.07, 6.45) is -0.503. The smallest absolute Gasteiger partial charge is 0.0988 e. The molecule has 2 atom stereocenters. The van der Waals surface area contributed by atoms with Crippen LogP contribution in [0, 0.1) is 0 Å². The molecule has 0 saturated heterocycles. The number of rotatable bonds is 4. The molecule has 2 N–H and O–H groups in total. The van der Waals surface area contributed by atoms with Gasteiger partial charge in [0.15, 0.2) is 0 Å². The number of benzene rings is 2. The van der Waals surface area contributed by atoms with Gasteiger partial charge in [-0.2, -0.15) is 0 Å². The molecule has 0 heterocycles. The van der Waals surface area contributed by atoms with E-state index in [9.17, 15) is 5.11 Å². The first-order valence-corrected chi connectivity index (χ1v) is 5.82. The standard InChI is InChI=1S/C15H17NO/c1-12(16-14-10-6-3-7-11-14)15(17)13-8-4-2-5-9-13/h2-12,15-17H,1H3/t12-,15+/m1/s1. The lowest BCUT2D eigenvalue weighted by Crippen LogP contribution is -2.23. The van der Waals surface area contributed by atoms with Crippen molar-refractivity contribution in [3.8, 4) is 0 Å². The molecule has 2 nitrogen and oxygen atoms in total. The molecule has 0 saturated carbocycles. The summed E-state index contributed by atoms with van der Waals surface area (Å²) in [5, 5.41) is 13.5. The minimum atomic E-state index is -0.503. The molecule has 17 heavy (non-hydrogen) atoms. The number of hydrogen-bond acceptors (Lipinski definition) is 2. The van der Waals surface area contributed by atoms with Crippen LogP contribution < -0.4 is 5.32 Å². The molecule has 0 radical (unpaired) electrons. The van der Waals surface area contributed by atoms with Gasteiger partial charge >= 0.3 is 0 Å². The number of hydrogen-bond donors (Lipinski definition) is 2. The molecule has 0 aliphatic carbocycles. The SMILES string of the molecule is C[C@@H](Nc1ccccc1)[C@H](O)c1ccccc1. The highest BCUT2D eigenvalue weighted by Crippen LogP contribution is 2.19. The van der Waals surface area contributed by atoms with Gasteiger partial charge in [-0.15, -0.1) is 0 Å². The van der Waals surface area contributed by atoms with Crippen molar-refractivity contribution in [2.24, 2.45) is 0 Å². The predicted molar refractivity (Wildman–Crippen MR) is 70.9 cm³/mol. The average molecular weight is 227 g/mol. The monoisotopic (exact) mass is 227 g/mol. The summed E-state index contributed by atoms with van der Waals surface area (Å²) >= 11 is 0. The molecule has 0 spiro atoms. The van der Waals surface area contributed by atoms with E-state index >= 15 is 0 Å². The van der Waals surface area contributed by atoms with Crippen LogP contribution in [0.15, 0.2) is 60.7 Å². The van der Waals surface area contributed by atoms with E-state index in [2.05, 4.69) is 5.32 Å². The first kappa shape index (κ1) is 11.7. The van der Waals surface area contributed by atoms with Crippen molar-refractivity contribution in [2.45, 2.75) is 19.1 Å². The molecule has 2 aromatic rings. The van der Waals surface area contributed by atoms with Crippen LogP contribution >= 0.6 is 0 Å². The van der Waals surface area contributed by atoms with Gasteiger partial charge in [-0.1, -0.05) is 48.5 Å². The lowest BCUT2D eigenvalue weighted by molar-refractivity contribution is 0.161. The first-order chi connectivity index (χ1) is 8.27. The highest BCUT2D eigenvalue weighted by atomic mass is 16.3. The Morgan fingerprint density at radius 3 is 2.00 bits per heavy atom. The van der Waals surface area contributed by atoms with E-state index in [1.807, 2.05) is 67.6 Å². The highest BCUT2D eigenvalue weighted by Gasteiger charge is 2.15. The maximum atomic E-state index is 10.2. The number of aliphatic hydroxyl groups is 1. The third-order valence-corrected chi connectivity index (χ3v) is 2.78. The van der Waals surface area contributed by atoms with E-state index in [1.54, 1.807) is 0 Å². The lowest BCUT2D eigenvalue weighted by atomic mass is 10.0. The highest BCUT2D eigenvalue weighted by molar-refractivity contribution is 5.43. The molecule has 0 bridgehead atoms. The van der Waals surface area contributed by atoms with Gasteiger partial charge in [-0.25, -0.2) is 0 Å². The van der Waals surface area contributed by atoms with E-state index in [0.29, 0.717) is 0 Å². The number of anilines is 1. The van der Waals surface area contributed by atoms with Gasteiger partial charge in [-0.05, 0) is 24.6 Å². The molecule has 2 aromatic carbocycles. The number of aliphatic hydroxyl groups excluding tert-OH is 1. The minimum Gasteiger partial charge on any atom is -0.386 e. The van der Waals surface area contributed by atoms with Crippen LogP contribution in [0.1, 0.15) is 18.6 Å². The van der Waals surface area contributed by atoms with E-state index in [4.69, 9.17) is 0 Å². The van der Waals surface area contributed by atoms with Gasteiger partial charge in [0.1, 0.15) is 0 Å². The number of para-hydroxylation sites is 1. The zero-order valence-corrected chi connectivity index (χ0v) is 9.88. The van der Waals surface area contributed by atoms with E-state index < -0.39 is 6.10 Å². The fourth-order valence-corrected chi connectivity index (χ4v) is 1.82. The summed E-state index contributed by atoms with van der Waals surface area (Å²) in [5.41, 5.74) is 1.96. The molecular weight excluding hydrogens is 210 g/mol. The Bertz CT molecular complexity index is 441. The summed E-state index contributed by atoms with van der Waals surface area (Å²) in [6.45, 7) is 1.98. The fourth-order valence-electron chi connectivity index (χ4n) is 1.82. The third kappa shape index (κ3) is 3.08. The summed E-state index contributed by atoms with van der Waals surface area (Å²) in [7, 11) is 0. The molecule has 2 heteroatoms. The van der Waals surface area contributed by atoms with Gasteiger partial charge < -0.3 is 10.4 Å². The van der Waals surface area contributed by atoms with Crippen molar-refractivity contribution in [3.05, 3.63) is 66.2 Å². The molecule has 88 valence electrons. The van der Waals surface area contributed by atoms with Crippen LogP contribution in [-0.2, 0) is 0 Å². The van der Waals surface area contributed by atoms with E-state index in [1.165, 1.54) is 0 Å². The van der Waals surface area contributed by atoms with Crippen LogP contribution in [0.5, 0.6) is 0 Å². The predicted octanol–water partition coefficient (Wildman–Crippen LogP) is 3.22. The van der Waals surface area contributed by atoms with Crippen molar-refractivity contribution in [1.29, 1.82) is 0 Å². The molecule has 0 aliphatic heterocycles. The third-order valence-electron chi connectivity index (χ3n) is 2.78.